The third-order valence-corrected chi connectivity index (χ3v) is 10.8. The molecule has 4 atom stereocenters. The van der Waals surface area contributed by atoms with Gasteiger partial charge in [-0.25, -0.2) is 4.79 Å². The first-order valence-electron chi connectivity index (χ1n) is 14.2. The molecule has 0 N–H and O–H groups in total. The number of esters is 2. The van der Waals surface area contributed by atoms with Crippen LogP contribution in [0.5, 0.6) is 0 Å². The molecule has 9 nitrogen and oxygen atoms in total. The third kappa shape index (κ3) is 9.55. The highest BCUT2D eigenvalue weighted by Gasteiger charge is 2.64. The van der Waals surface area contributed by atoms with Gasteiger partial charge in [-0.1, -0.05) is 20.8 Å². The molecular weight excluding hydrogens is 607 g/mol. The molecule has 41 heavy (non-hydrogen) atoms. The number of hydrogen-bond donors (Lipinski definition) is 0. The van der Waals surface area contributed by atoms with Gasteiger partial charge in [0.25, 0.3) is 5.91 Å². The highest BCUT2D eigenvalue weighted by Crippen LogP contribution is 2.52. The predicted molar refractivity (Wildman–Crippen MR) is 173 cm³/mol. The van der Waals surface area contributed by atoms with Crippen LogP contribution in [0.3, 0.4) is 0 Å². The number of thioether (sulfide) groups is 2. The molecule has 13 heteroatoms. The van der Waals surface area contributed by atoms with Crippen molar-refractivity contribution in [3.05, 3.63) is 0 Å². The first-order chi connectivity index (χ1) is 18.3. The zero-order valence-electron chi connectivity index (χ0n) is 25.8. The summed E-state index contributed by atoms with van der Waals surface area (Å²) in [5.41, 5.74) is -0.684. The number of ether oxygens (including phenoxy) is 2. The highest BCUT2D eigenvalue weighted by atomic mass is 35.5. The lowest BCUT2D eigenvalue weighted by atomic mass is 9.94. The van der Waals surface area contributed by atoms with Crippen molar-refractivity contribution in [1.82, 2.24) is 14.7 Å². The molecule has 0 aromatic rings. The zero-order valence-corrected chi connectivity index (χ0v) is 29.1. The number of halogens is 2. The van der Waals surface area contributed by atoms with Gasteiger partial charge in [-0.3, -0.25) is 14.6 Å². The number of piperidine rings is 1. The molecule has 0 spiro atoms. The maximum Gasteiger partial charge on any atom is 0.333 e. The molecule has 3 rings (SSSR count). The Kier molecular flexibility index (Phi) is 15.1. The van der Waals surface area contributed by atoms with E-state index in [-0.39, 0.29) is 36.1 Å². The van der Waals surface area contributed by atoms with Gasteiger partial charge in [0.1, 0.15) is 11.4 Å². The van der Waals surface area contributed by atoms with Gasteiger partial charge in [-0.05, 0) is 66.5 Å². The Hall–Kier alpha value is -0.880. The van der Waals surface area contributed by atoms with Crippen LogP contribution in [0.1, 0.15) is 68.2 Å². The molecule has 3 saturated heterocycles. The van der Waals surface area contributed by atoms with Crippen LogP contribution in [0.4, 0.5) is 0 Å². The normalized spacial score (nSPS) is 24.8. The lowest BCUT2D eigenvalue weighted by Crippen LogP contribution is -2.65. The van der Waals surface area contributed by atoms with Gasteiger partial charge in [0.05, 0.1) is 11.8 Å². The van der Waals surface area contributed by atoms with Crippen LogP contribution >= 0.6 is 48.3 Å². The van der Waals surface area contributed by atoms with Crippen LogP contribution in [0, 0.1) is 11.3 Å². The van der Waals surface area contributed by atoms with Gasteiger partial charge in [-0.15, -0.1) is 36.6 Å². The average Bonchev–Trinajstić information content (AvgIpc) is 3.13. The van der Waals surface area contributed by atoms with Crippen molar-refractivity contribution in [3.63, 3.8) is 0 Å². The summed E-state index contributed by atoms with van der Waals surface area (Å²) in [7, 11) is 0. The van der Waals surface area contributed by atoms with E-state index in [0.29, 0.717) is 11.2 Å². The summed E-state index contributed by atoms with van der Waals surface area (Å²) < 4.78 is 9.80. The Morgan fingerprint density at radius 1 is 1.17 bits per heavy atom. The minimum absolute atomic E-state index is 0. The summed E-state index contributed by atoms with van der Waals surface area (Å²) in [6.45, 7) is 20.7. The molecule has 0 aliphatic carbocycles. The van der Waals surface area contributed by atoms with E-state index < -0.39 is 41.0 Å². The van der Waals surface area contributed by atoms with Crippen molar-refractivity contribution in [1.29, 1.82) is 0 Å². The number of rotatable bonds is 12. The fourth-order valence-corrected chi connectivity index (χ4v) is 8.16. The Morgan fingerprint density at radius 3 is 2.34 bits per heavy atom. The number of carbonyl (C=O) groups is 3. The summed E-state index contributed by atoms with van der Waals surface area (Å²) in [6.07, 6.45) is 4.11. The standard InChI is InChI=1S/C28H48N4O5S2.2ClH/c1-9-30(10-2)15-16-38-19(3)20-11-13-31(14-12-20)17-29-21-23(33)32-22(28(7,8)39-24(21)32)25(34)36-18-37-26(35)27(4,5)6;;/h17,19-22,24H,9-16,18H2,1-8H3;2*1H/t19?,21-,22+,24-;;/m1../s1. The molecule has 3 aliphatic heterocycles. The fourth-order valence-electron chi connectivity index (χ4n) is 5.26. The third-order valence-electron chi connectivity index (χ3n) is 7.95. The monoisotopic (exact) mass is 656 g/mol. The van der Waals surface area contributed by atoms with E-state index in [9.17, 15) is 14.4 Å². The second kappa shape index (κ2) is 16.3. The van der Waals surface area contributed by atoms with Crippen molar-refractivity contribution < 1.29 is 23.9 Å². The second-order valence-electron chi connectivity index (χ2n) is 12.2. The van der Waals surface area contributed by atoms with Gasteiger partial charge >= 0.3 is 11.9 Å². The fraction of sp³-hybridized carbons (Fsp3) is 0.857. The number of fused-ring (bicyclic) bond motifs is 1. The van der Waals surface area contributed by atoms with Gasteiger partial charge in [0.2, 0.25) is 6.79 Å². The van der Waals surface area contributed by atoms with E-state index >= 15 is 0 Å². The SMILES string of the molecule is CCN(CC)CCSC(C)C1CCN(C=N[C@@H]2C(=O)N3[C@@H]2SC(C)(C)[C@@H]3C(=O)OCOC(=O)C(C)(C)C)CC1.Cl.Cl. The number of carbonyl (C=O) groups excluding carboxylic acids is 3. The molecule has 1 unspecified atom stereocenters. The number of β-lactam (4-membered cyclic amide) rings is 1. The number of nitrogens with zero attached hydrogens (tertiary/aromatic N) is 4. The molecule has 0 radical (unpaired) electrons. The maximum atomic E-state index is 13.0. The largest absolute Gasteiger partial charge is 0.427 e. The van der Waals surface area contributed by atoms with Crippen molar-refractivity contribution in [3.8, 4) is 0 Å². The van der Waals surface area contributed by atoms with E-state index in [0.717, 1.165) is 45.6 Å². The summed E-state index contributed by atoms with van der Waals surface area (Å²) in [4.78, 5) is 48.8. The average molecular weight is 658 g/mol. The van der Waals surface area contributed by atoms with Crippen LogP contribution in [0.2, 0.25) is 0 Å². The van der Waals surface area contributed by atoms with Crippen LogP contribution in [0.25, 0.3) is 0 Å². The first kappa shape index (κ1) is 38.1. The summed E-state index contributed by atoms with van der Waals surface area (Å²) in [6, 6.07) is -1.23. The van der Waals surface area contributed by atoms with Gasteiger partial charge in [-0.2, -0.15) is 11.8 Å². The Bertz CT molecular complexity index is 908. The zero-order chi connectivity index (χ0) is 29.0. The van der Waals surface area contributed by atoms with E-state index in [2.05, 4.69) is 47.3 Å². The molecule has 3 heterocycles. The van der Waals surface area contributed by atoms with Crippen LogP contribution in [-0.2, 0) is 23.9 Å². The Labute approximate surface area is 267 Å². The quantitative estimate of drug-likeness (QED) is 0.0986. The molecule has 238 valence electrons. The number of hydrogen-bond acceptors (Lipinski definition) is 9. The molecule has 3 fully saturated rings. The first-order valence-corrected chi connectivity index (χ1v) is 16.2. The Morgan fingerprint density at radius 2 is 1.78 bits per heavy atom. The van der Waals surface area contributed by atoms with Crippen LogP contribution in [-0.4, -0.2) is 112 Å². The molecule has 0 bridgehead atoms. The molecular formula is C28H50Cl2N4O5S2. The maximum absolute atomic E-state index is 13.0. The smallest absolute Gasteiger partial charge is 0.333 e. The predicted octanol–water partition coefficient (Wildman–Crippen LogP) is 4.55. The van der Waals surface area contributed by atoms with E-state index in [1.807, 2.05) is 20.2 Å². The summed E-state index contributed by atoms with van der Waals surface area (Å²) in [5.74, 6) is 0.722. The van der Waals surface area contributed by atoms with Gasteiger partial charge in [0.15, 0.2) is 6.04 Å². The van der Waals surface area contributed by atoms with E-state index in [4.69, 9.17) is 9.47 Å². The van der Waals surface area contributed by atoms with E-state index in [1.165, 1.54) is 5.75 Å². The van der Waals surface area contributed by atoms with Gasteiger partial charge in [0, 0.05) is 35.4 Å². The lowest BCUT2D eigenvalue weighted by Gasteiger charge is -2.42. The topological polar surface area (TPSA) is 91.8 Å². The second-order valence-corrected chi connectivity index (χ2v) is 15.5. The van der Waals surface area contributed by atoms with Crippen LogP contribution < -0.4 is 0 Å². The summed E-state index contributed by atoms with van der Waals surface area (Å²) in [5, 5.41) is 0.449. The minimum Gasteiger partial charge on any atom is -0.427 e. The van der Waals surface area contributed by atoms with Gasteiger partial charge < -0.3 is 24.2 Å². The minimum atomic E-state index is -0.740. The summed E-state index contributed by atoms with van der Waals surface area (Å²) >= 11 is 3.66. The molecule has 0 saturated carbocycles. The van der Waals surface area contributed by atoms with E-state index in [1.54, 1.807) is 37.4 Å². The number of aliphatic imine (C=N–C) groups is 1. The number of likely N-dealkylation sites (tertiary alicyclic amines) is 1. The molecule has 0 aromatic carbocycles. The molecule has 3 aliphatic rings. The molecule has 1 amide bonds. The Balaban J connectivity index is 0.00000420. The molecule has 0 aromatic heterocycles. The van der Waals surface area contributed by atoms with Crippen LogP contribution in [0.15, 0.2) is 4.99 Å². The van der Waals surface area contributed by atoms with Crippen molar-refractivity contribution in [2.45, 2.75) is 95.7 Å². The van der Waals surface area contributed by atoms with Crippen molar-refractivity contribution >= 4 is 72.5 Å². The lowest BCUT2D eigenvalue weighted by molar-refractivity contribution is -0.179. The van der Waals surface area contributed by atoms with Crippen molar-refractivity contribution in [2.75, 3.05) is 45.3 Å². The highest BCUT2D eigenvalue weighted by molar-refractivity contribution is 8.01. The van der Waals surface area contributed by atoms with Crippen molar-refractivity contribution in [2.24, 2.45) is 16.3 Å². The number of amides is 1.